The predicted octanol–water partition coefficient (Wildman–Crippen LogP) is 0.503. The first kappa shape index (κ1) is 12.1. The van der Waals surface area contributed by atoms with Crippen molar-refractivity contribution >= 4 is 5.97 Å². The molecule has 0 heterocycles. The Morgan fingerprint density at radius 2 is 2.31 bits per heavy atom. The van der Waals surface area contributed by atoms with Crippen LogP contribution >= 0.6 is 0 Å². The number of esters is 1. The van der Waals surface area contributed by atoms with Gasteiger partial charge in [0.15, 0.2) is 0 Å². The Labute approximate surface area is 78.2 Å². The lowest BCUT2D eigenvalue weighted by Crippen LogP contribution is -2.12. The molecule has 0 saturated heterocycles. The zero-order chi connectivity index (χ0) is 10.1. The molecule has 1 N–H and O–H groups in total. The van der Waals surface area contributed by atoms with E-state index in [1.165, 1.54) is 13.2 Å². The molecule has 0 bridgehead atoms. The van der Waals surface area contributed by atoms with Crippen LogP contribution in [0.15, 0.2) is 12.2 Å². The highest BCUT2D eigenvalue weighted by Crippen LogP contribution is 1.99. The molecular formula is C9H16O4. The van der Waals surface area contributed by atoms with Crippen molar-refractivity contribution in [2.45, 2.75) is 19.4 Å². The normalized spacial score (nSPS) is 13.2. The van der Waals surface area contributed by atoms with Gasteiger partial charge in [-0.05, 0) is 12.5 Å². The van der Waals surface area contributed by atoms with Crippen molar-refractivity contribution in [3.05, 3.63) is 12.2 Å². The smallest absolute Gasteiger partial charge is 0.330 e. The van der Waals surface area contributed by atoms with Gasteiger partial charge >= 0.3 is 5.97 Å². The molecule has 4 nitrogen and oxygen atoms in total. The summed E-state index contributed by atoms with van der Waals surface area (Å²) in [6, 6.07) is 0. The van der Waals surface area contributed by atoms with E-state index in [1.807, 2.05) is 6.92 Å². The molecule has 0 fully saturated rings. The van der Waals surface area contributed by atoms with Crippen LogP contribution in [0.4, 0.5) is 0 Å². The van der Waals surface area contributed by atoms with E-state index in [9.17, 15) is 4.79 Å². The van der Waals surface area contributed by atoms with Crippen LogP contribution in [0, 0.1) is 0 Å². The second kappa shape index (κ2) is 7.76. The lowest BCUT2D eigenvalue weighted by atomic mass is 10.2. The van der Waals surface area contributed by atoms with Crippen molar-refractivity contribution in [3.8, 4) is 0 Å². The molecule has 76 valence electrons. The molecule has 0 aromatic rings. The summed E-state index contributed by atoms with van der Waals surface area (Å²) in [7, 11) is 1.32. The Kier molecular flexibility index (Phi) is 7.24. The van der Waals surface area contributed by atoms with E-state index in [1.54, 1.807) is 6.08 Å². The van der Waals surface area contributed by atoms with Crippen LogP contribution in [0.5, 0.6) is 0 Å². The first-order valence-electron chi connectivity index (χ1n) is 4.23. The molecule has 13 heavy (non-hydrogen) atoms. The van der Waals surface area contributed by atoms with Gasteiger partial charge in [0.2, 0.25) is 0 Å². The first-order valence-corrected chi connectivity index (χ1v) is 4.23. The van der Waals surface area contributed by atoms with Gasteiger partial charge in [-0.15, -0.1) is 0 Å². The Bertz CT molecular complexity index is 165. The van der Waals surface area contributed by atoms with Crippen LogP contribution in [0.2, 0.25) is 0 Å². The zero-order valence-electron chi connectivity index (χ0n) is 8.03. The van der Waals surface area contributed by atoms with E-state index in [0.717, 1.165) is 6.42 Å². The zero-order valence-corrected chi connectivity index (χ0v) is 8.03. The summed E-state index contributed by atoms with van der Waals surface area (Å²) in [6.07, 6.45) is 3.58. The van der Waals surface area contributed by atoms with Gasteiger partial charge in [-0.3, -0.25) is 0 Å². The SMILES string of the molecule is CC[C@@H](/C=C/C(=O)OC)OCCO. The van der Waals surface area contributed by atoms with Gasteiger partial charge in [-0.25, -0.2) is 4.79 Å². The largest absolute Gasteiger partial charge is 0.466 e. The Hall–Kier alpha value is -0.870. The van der Waals surface area contributed by atoms with Gasteiger partial charge < -0.3 is 14.6 Å². The van der Waals surface area contributed by atoms with E-state index in [-0.39, 0.29) is 19.3 Å². The topological polar surface area (TPSA) is 55.8 Å². The molecule has 0 aliphatic heterocycles. The molecule has 0 aliphatic carbocycles. The first-order chi connectivity index (χ1) is 6.24. The van der Waals surface area contributed by atoms with Crippen molar-refractivity contribution in [1.29, 1.82) is 0 Å². The second-order valence-corrected chi connectivity index (χ2v) is 2.42. The number of carbonyl (C=O) groups is 1. The molecule has 0 unspecified atom stereocenters. The Balaban J connectivity index is 3.81. The number of aliphatic hydroxyl groups is 1. The summed E-state index contributed by atoms with van der Waals surface area (Å²) in [4.78, 5) is 10.7. The predicted molar refractivity (Wildman–Crippen MR) is 48.3 cm³/mol. The number of aliphatic hydroxyl groups excluding tert-OH is 1. The van der Waals surface area contributed by atoms with E-state index >= 15 is 0 Å². The van der Waals surface area contributed by atoms with Gasteiger partial charge in [-0.2, -0.15) is 0 Å². The van der Waals surface area contributed by atoms with Crippen molar-refractivity contribution in [2.24, 2.45) is 0 Å². The highest BCUT2D eigenvalue weighted by molar-refractivity contribution is 5.81. The van der Waals surface area contributed by atoms with Gasteiger partial charge in [0.1, 0.15) is 0 Å². The minimum Gasteiger partial charge on any atom is -0.466 e. The van der Waals surface area contributed by atoms with Crippen molar-refractivity contribution in [2.75, 3.05) is 20.3 Å². The maximum Gasteiger partial charge on any atom is 0.330 e. The summed E-state index contributed by atoms with van der Waals surface area (Å²) in [5.41, 5.74) is 0. The molecule has 1 atom stereocenters. The van der Waals surface area contributed by atoms with Crippen molar-refractivity contribution in [3.63, 3.8) is 0 Å². The molecule has 4 heteroatoms. The van der Waals surface area contributed by atoms with Gasteiger partial charge in [0, 0.05) is 6.08 Å². The lowest BCUT2D eigenvalue weighted by Gasteiger charge is -2.09. The molecule has 0 aromatic carbocycles. The average Bonchev–Trinajstić information content (AvgIpc) is 2.17. The highest BCUT2D eigenvalue weighted by atomic mass is 16.5. The standard InChI is InChI=1S/C9H16O4/c1-3-8(13-7-6-10)4-5-9(11)12-2/h4-5,8,10H,3,6-7H2,1-2H3/b5-4+/t8-/m0/s1. The van der Waals surface area contributed by atoms with Crippen LogP contribution in [0.3, 0.4) is 0 Å². The minimum atomic E-state index is -0.397. The number of rotatable bonds is 6. The highest BCUT2D eigenvalue weighted by Gasteiger charge is 2.01. The van der Waals surface area contributed by atoms with Crippen LogP contribution in [-0.2, 0) is 14.3 Å². The molecule has 0 rings (SSSR count). The number of hydrogen-bond acceptors (Lipinski definition) is 4. The van der Waals surface area contributed by atoms with Gasteiger partial charge in [0.05, 0.1) is 26.4 Å². The number of carbonyl (C=O) groups excluding carboxylic acids is 1. The lowest BCUT2D eigenvalue weighted by molar-refractivity contribution is -0.134. The molecular weight excluding hydrogens is 172 g/mol. The maximum absolute atomic E-state index is 10.7. The molecule has 0 radical (unpaired) electrons. The number of methoxy groups -OCH3 is 1. The molecule has 0 spiro atoms. The molecule has 0 saturated carbocycles. The van der Waals surface area contributed by atoms with Crippen LogP contribution in [-0.4, -0.2) is 37.5 Å². The summed E-state index contributed by atoms with van der Waals surface area (Å²) < 4.78 is 9.61. The summed E-state index contributed by atoms with van der Waals surface area (Å²) in [6.45, 7) is 2.20. The van der Waals surface area contributed by atoms with Gasteiger partial charge in [0.25, 0.3) is 0 Å². The van der Waals surface area contributed by atoms with Crippen molar-refractivity contribution in [1.82, 2.24) is 0 Å². The van der Waals surface area contributed by atoms with E-state index < -0.39 is 5.97 Å². The number of ether oxygens (including phenoxy) is 2. The summed E-state index contributed by atoms with van der Waals surface area (Å²) in [5, 5.41) is 8.49. The Morgan fingerprint density at radius 1 is 1.62 bits per heavy atom. The number of hydrogen-bond donors (Lipinski definition) is 1. The van der Waals surface area contributed by atoms with E-state index in [0.29, 0.717) is 0 Å². The maximum atomic E-state index is 10.7. The van der Waals surface area contributed by atoms with Crippen LogP contribution in [0.1, 0.15) is 13.3 Å². The third kappa shape index (κ3) is 6.31. The second-order valence-electron chi connectivity index (χ2n) is 2.42. The summed E-state index contributed by atoms with van der Waals surface area (Å²) in [5.74, 6) is -0.397. The van der Waals surface area contributed by atoms with E-state index in [4.69, 9.17) is 9.84 Å². The molecule has 0 aliphatic rings. The molecule has 0 aromatic heterocycles. The molecule has 0 amide bonds. The fourth-order valence-corrected chi connectivity index (χ4v) is 0.768. The quantitative estimate of drug-likeness (QED) is 0.487. The van der Waals surface area contributed by atoms with Crippen LogP contribution in [0.25, 0.3) is 0 Å². The third-order valence-electron chi connectivity index (χ3n) is 1.47. The van der Waals surface area contributed by atoms with Crippen LogP contribution < -0.4 is 0 Å². The fraction of sp³-hybridized carbons (Fsp3) is 0.667. The Morgan fingerprint density at radius 3 is 2.77 bits per heavy atom. The average molecular weight is 188 g/mol. The minimum absolute atomic E-state index is 0.0113. The van der Waals surface area contributed by atoms with Gasteiger partial charge in [-0.1, -0.05) is 6.92 Å². The summed E-state index contributed by atoms with van der Waals surface area (Å²) >= 11 is 0. The van der Waals surface area contributed by atoms with E-state index in [2.05, 4.69) is 4.74 Å². The van der Waals surface area contributed by atoms with Crippen molar-refractivity contribution < 1.29 is 19.4 Å². The monoisotopic (exact) mass is 188 g/mol. The third-order valence-corrected chi connectivity index (χ3v) is 1.47. The fourth-order valence-electron chi connectivity index (χ4n) is 0.768.